The van der Waals surface area contributed by atoms with Gasteiger partial charge in [0.05, 0.1) is 4.92 Å². The number of hydrogen-bond acceptors (Lipinski definition) is 5. The monoisotopic (exact) mass is 408 g/mol. The zero-order valence-electron chi connectivity index (χ0n) is 17.4. The van der Waals surface area contributed by atoms with Crippen molar-refractivity contribution in [2.24, 2.45) is 5.92 Å². The Hall–Kier alpha value is -3.09. The van der Waals surface area contributed by atoms with E-state index in [1.807, 2.05) is 18.2 Å². The fourth-order valence-electron chi connectivity index (χ4n) is 4.31. The van der Waals surface area contributed by atoms with Crippen LogP contribution in [0.25, 0.3) is 0 Å². The van der Waals surface area contributed by atoms with Crippen LogP contribution in [0.15, 0.2) is 48.5 Å². The van der Waals surface area contributed by atoms with Gasteiger partial charge in [0.15, 0.2) is 0 Å². The van der Waals surface area contributed by atoms with E-state index in [0.717, 1.165) is 44.7 Å². The molecule has 0 spiro atoms. The molecule has 30 heavy (non-hydrogen) atoms. The molecule has 158 valence electrons. The molecule has 0 aromatic heterocycles. The van der Waals surface area contributed by atoms with Crippen LogP contribution in [0.3, 0.4) is 0 Å². The van der Waals surface area contributed by atoms with E-state index in [1.165, 1.54) is 6.07 Å². The van der Waals surface area contributed by atoms with E-state index < -0.39 is 0 Å². The molecule has 7 heteroatoms. The molecule has 2 saturated heterocycles. The summed E-state index contributed by atoms with van der Waals surface area (Å²) in [7, 11) is 0. The largest absolute Gasteiger partial charge is 0.368 e. The molecule has 0 N–H and O–H groups in total. The smallest absolute Gasteiger partial charge is 0.293 e. The fraction of sp³-hybridized carbons (Fsp3) is 0.435. The summed E-state index contributed by atoms with van der Waals surface area (Å²) in [5, 5.41) is 11.7. The highest BCUT2D eigenvalue weighted by atomic mass is 16.6. The molecule has 0 unspecified atom stereocenters. The highest BCUT2D eigenvalue weighted by Crippen LogP contribution is 2.32. The second kappa shape index (κ2) is 8.73. The number of piperidine rings is 1. The first-order chi connectivity index (χ1) is 14.5. The molecule has 1 amide bonds. The van der Waals surface area contributed by atoms with E-state index in [4.69, 9.17) is 0 Å². The highest BCUT2D eigenvalue weighted by Gasteiger charge is 2.27. The maximum Gasteiger partial charge on any atom is 0.293 e. The van der Waals surface area contributed by atoms with Gasteiger partial charge in [-0.3, -0.25) is 14.9 Å². The lowest BCUT2D eigenvalue weighted by molar-refractivity contribution is -0.384. The van der Waals surface area contributed by atoms with Crippen molar-refractivity contribution >= 4 is 23.0 Å². The van der Waals surface area contributed by atoms with Gasteiger partial charge < -0.3 is 14.7 Å². The van der Waals surface area contributed by atoms with E-state index >= 15 is 0 Å². The number of nitro groups is 1. The van der Waals surface area contributed by atoms with Gasteiger partial charge in [0, 0.05) is 56.6 Å². The standard InChI is InChI=1S/C23H28N4O3/c1-18-9-11-25(12-10-18)21-8-7-19(17-22(21)27(29)30)23(28)26-15-13-24(14-16-26)20-5-3-2-4-6-20/h2-8,17-18H,9-16H2,1H3. The van der Waals surface area contributed by atoms with E-state index in [9.17, 15) is 14.9 Å². The van der Waals surface area contributed by atoms with Gasteiger partial charge in [-0.2, -0.15) is 0 Å². The number of anilines is 2. The van der Waals surface area contributed by atoms with Crippen molar-refractivity contribution in [3.8, 4) is 0 Å². The minimum absolute atomic E-state index is 0.0262. The van der Waals surface area contributed by atoms with Crippen LogP contribution in [0.5, 0.6) is 0 Å². The highest BCUT2D eigenvalue weighted by molar-refractivity contribution is 5.96. The van der Waals surface area contributed by atoms with E-state index in [2.05, 4.69) is 28.9 Å². The second-order valence-electron chi connectivity index (χ2n) is 8.24. The summed E-state index contributed by atoms with van der Waals surface area (Å²) in [6, 6.07) is 15.1. The van der Waals surface area contributed by atoms with Crippen LogP contribution in [0, 0.1) is 16.0 Å². The first-order valence-corrected chi connectivity index (χ1v) is 10.7. The molecule has 2 heterocycles. The maximum absolute atomic E-state index is 13.0. The number of rotatable bonds is 4. The molecule has 2 fully saturated rings. The van der Waals surface area contributed by atoms with Crippen molar-refractivity contribution < 1.29 is 9.72 Å². The number of benzene rings is 2. The van der Waals surface area contributed by atoms with Crippen LogP contribution in [0.1, 0.15) is 30.1 Å². The molecule has 0 radical (unpaired) electrons. The first-order valence-electron chi connectivity index (χ1n) is 10.7. The lowest BCUT2D eigenvalue weighted by atomic mass is 9.98. The van der Waals surface area contributed by atoms with Gasteiger partial charge in [-0.1, -0.05) is 25.1 Å². The molecule has 0 saturated carbocycles. The lowest BCUT2D eigenvalue weighted by Crippen LogP contribution is -2.48. The summed E-state index contributed by atoms with van der Waals surface area (Å²) >= 11 is 0. The number of hydrogen-bond donors (Lipinski definition) is 0. The number of amides is 1. The van der Waals surface area contributed by atoms with Crippen LogP contribution in [-0.2, 0) is 0 Å². The van der Waals surface area contributed by atoms with E-state index in [1.54, 1.807) is 17.0 Å². The lowest BCUT2D eigenvalue weighted by Gasteiger charge is -2.36. The van der Waals surface area contributed by atoms with Gasteiger partial charge in [-0.15, -0.1) is 0 Å². The SMILES string of the molecule is CC1CCN(c2ccc(C(=O)N3CCN(c4ccccc4)CC3)cc2[N+](=O)[O-])CC1. The molecular weight excluding hydrogens is 380 g/mol. The molecule has 2 aromatic carbocycles. The van der Waals surface area contributed by atoms with Crippen molar-refractivity contribution in [3.05, 3.63) is 64.2 Å². The molecule has 2 aromatic rings. The molecular formula is C23H28N4O3. The van der Waals surface area contributed by atoms with E-state index in [-0.39, 0.29) is 16.5 Å². The van der Waals surface area contributed by atoms with Crippen LogP contribution in [0.2, 0.25) is 0 Å². The Morgan fingerprint density at radius 2 is 1.60 bits per heavy atom. The van der Waals surface area contributed by atoms with Crippen LogP contribution in [-0.4, -0.2) is 55.0 Å². The Morgan fingerprint density at radius 1 is 0.933 bits per heavy atom. The van der Waals surface area contributed by atoms with Crippen LogP contribution >= 0.6 is 0 Å². The third-order valence-corrected chi connectivity index (χ3v) is 6.23. The number of carbonyl (C=O) groups excluding carboxylic acids is 1. The summed E-state index contributed by atoms with van der Waals surface area (Å²) in [6.07, 6.45) is 2.06. The van der Waals surface area contributed by atoms with Gasteiger partial charge >= 0.3 is 0 Å². The minimum Gasteiger partial charge on any atom is -0.368 e. The van der Waals surface area contributed by atoms with Crippen molar-refractivity contribution in [1.82, 2.24) is 4.90 Å². The molecule has 2 aliphatic rings. The molecule has 0 bridgehead atoms. The average Bonchev–Trinajstić information content (AvgIpc) is 2.79. The van der Waals surface area contributed by atoms with Crippen molar-refractivity contribution in [1.29, 1.82) is 0 Å². The number of carbonyl (C=O) groups is 1. The van der Waals surface area contributed by atoms with Gasteiger partial charge in [0.2, 0.25) is 0 Å². The zero-order valence-corrected chi connectivity index (χ0v) is 17.4. The van der Waals surface area contributed by atoms with Gasteiger partial charge in [0.1, 0.15) is 5.69 Å². The molecule has 0 atom stereocenters. The Morgan fingerprint density at radius 3 is 2.23 bits per heavy atom. The molecule has 0 aliphatic carbocycles. The third kappa shape index (κ3) is 4.25. The minimum atomic E-state index is -0.364. The Bertz CT molecular complexity index is 902. The summed E-state index contributed by atoms with van der Waals surface area (Å²) in [5.74, 6) is 0.514. The van der Waals surface area contributed by atoms with Gasteiger partial charge in [0.25, 0.3) is 11.6 Å². The molecule has 7 nitrogen and oxygen atoms in total. The zero-order chi connectivity index (χ0) is 21.1. The Kier molecular flexibility index (Phi) is 5.88. The summed E-state index contributed by atoms with van der Waals surface area (Å²) in [5.41, 5.74) is 2.19. The second-order valence-corrected chi connectivity index (χ2v) is 8.24. The topological polar surface area (TPSA) is 69.9 Å². The fourth-order valence-corrected chi connectivity index (χ4v) is 4.31. The summed E-state index contributed by atoms with van der Waals surface area (Å²) in [4.78, 5) is 30.5. The predicted molar refractivity (Wildman–Crippen MR) is 118 cm³/mol. The first kappa shape index (κ1) is 20.2. The van der Waals surface area contributed by atoms with Crippen molar-refractivity contribution in [2.45, 2.75) is 19.8 Å². The van der Waals surface area contributed by atoms with Crippen molar-refractivity contribution in [2.75, 3.05) is 49.1 Å². The number of nitro benzene ring substituents is 1. The molecule has 2 aliphatic heterocycles. The predicted octanol–water partition coefficient (Wildman–Crippen LogP) is 3.79. The third-order valence-electron chi connectivity index (χ3n) is 6.23. The number of para-hydroxylation sites is 1. The Labute approximate surface area is 177 Å². The summed E-state index contributed by atoms with van der Waals surface area (Å²) < 4.78 is 0. The maximum atomic E-state index is 13.0. The Balaban J connectivity index is 1.46. The van der Waals surface area contributed by atoms with Gasteiger partial charge in [-0.25, -0.2) is 0 Å². The quantitative estimate of drug-likeness (QED) is 0.569. The normalized spacial score (nSPS) is 17.8. The number of piperazine rings is 1. The average molecular weight is 409 g/mol. The van der Waals surface area contributed by atoms with Crippen LogP contribution in [0.4, 0.5) is 17.1 Å². The van der Waals surface area contributed by atoms with E-state index in [0.29, 0.717) is 30.3 Å². The number of nitrogens with zero attached hydrogens (tertiary/aromatic N) is 4. The van der Waals surface area contributed by atoms with Crippen LogP contribution < -0.4 is 9.80 Å². The van der Waals surface area contributed by atoms with Gasteiger partial charge in [-0.05, 0) is 43.0 Å². The molecule has 4 rings (SSSR count). The van der Waals surface area contributed by atoms with Crippen molar-refractivity contribution in [3.63, 3.8) is 0 Å². The summed E-state index contributed by atoms with van der Waals surface area (Å²) in [6.45, 7) is 6.56.